The Bertz CT molecular complexity index is 550. The molecule has 1 unspecified atom stereocenters. The largest absolute Gasteiger partial charge is 0.493 e. The summed E-state index contributed by atoms with van der Waals surface area (Å²) in [5.41, 5.74) is 1.00. The summed E-state index contributed by atoms with van der Waals surface area (Å²) < 4.78 is 16.2. The van der Waals surface area contributed by atoms with Gasteiger partial charge < -0.3 is 24.8 Å². The van der Waals surface area contributed by atoms with Gasteiger partial charge in [-0.05, 0) is 43.2 Å². The Balaban J connectivity index is 2.07. The normalized spacial score (nSPS) is 17.3. The Hall–Kier alpha value is -1.76. The minimum atomic E-state index is 0.532. The van der Waals surface area contributed by atoms with Gasteiger partial charge in [-0.25, -0.2) is 4.99 Å². The number of benzene rings is 1. The Morgan fingerprint density at radius 1 is 1.16 bits per heavy atom. The van der Waals surface area contributed by atoms with Crippen molar-refractivity contribution >= 4 is 17.7 Å². The molecule has 6 nitrogen and oxygen atoms in total. The highest BCUT2D eigenvalue weighted by Gasteiger charge is 2.16. The first-order valence-corrected chi connectivity index (χ1v) is 9.69. The number of aliphatic imine (C=N–C) groups is 1. The van der Waals surface area contributed by atoms with E-state index in [9.17, 15) is 0 Å². The summed E-state index contributed by atoms with van der Waals surface area (Å²) in [4.78, 5) is 4.68. The summed E-state index contributed by atoms with van der Waals surface area (Å²) in [6.45, 7) is 4.38. The van der Waals surface area contributed by atoms with E-state index in [-0.39, 0.29) is 0 Å². The molecule has 0 spiro atoms. The maximum Gasteiger partial charge on any atom is 0.203 e. The molecule has 1 atom stereocenters. The zero-order valence-electron chi connectivity index (χ0n) is 15.6. The van der Waals surface area contributed by atoms with E-state index >= 15 is 0 Å². The third kappa shape index (κ3) is 5.63. The van der Waals surface area contributed by atoms with Gasteiger partial charge in [0.1, 0.15) is 0 Å². The van der Waals surface area contributed by atoms with Crippen LogP contribution >= 0.6 is 11.8 Å². The molecule has 7 heteroatoms. The fourth-order valence-corrected chi connectivity index (χ4v) is 3.96. The number of ether oxygens (including phenoxy) is 3. The predicted molar refractivity (Wildman–Crippen MR) is 104 cm³/mol. The maximum atomic E-state index is 5.40. The van der Waals surface area contributed by atoms with Gasteiger partial charge in [0.25, 0.3) is 0 Å². The molecule has 1 aromatic carbocycles. The molecule has 1 aromatic rings. The second-order valence-corrected chi connectivity index (χ2v) is 7.15. The van der Waals surface area contributed by atoms with Crippen molar-refractivity contribution in [1.29, 1.82) is 0 Å². The molecule has 0 bridgehead atoms. The smallest absolute Gasteiger partial charge is 0.203 e. The second-order valence-electron chi connectivity index (χ2n) is 5.74. The molecule has 0 radical (unpaired) electrons. The van der Waals surface area contributed by atoms with Gasteiger partial charge in [-0.1, -0.05) is 0 Å². The lowest BCUT2D eigenvalue weighted by Crippen LogP contribution is -2.40. The van der Waals surface area contributed by atoms with Crippen LogP contribution in [0.2, 0.25) is 0 Å². The summed E-state index contributed by atoms with van der Waals surface area (Å²) >= 11 is 2.04. The lowest BCUT2D eigenvalue weighted by atomic mass is 10.2. The second kappa shape index (κ2) is 10.3. The van der Waals surface area contributed by atoms with E-state index < -0.39 is 0 Å². The van der Waals surface area contributed by atoms with E-state index in [1.54, 1.807) is 21.3 Å². The third-order valence-corrected chi connectivity index (χ3v) is 5.41. The minimum Gasteiger partial charge on any atom is -0.493 e. The fraction of sp³-hybridized carbons (Fsp3) is 0.611. The highest BCUT2D eigenvalue weighted by atomic mass is 32.2. The minimum absolute atomic E-state index is 0.532. The number of guanidine groups is 1. The van der Waals surface area contributed by atoms with Gasteiger partial charge in [-0.15, -0.1) is 0 Å². The van der Waals surface area contributed by atoms with Crippen LogP contribution in [0.3, 0.4) is 0 Å². The molecule has 0 amide bonds. The number of methoxy groups -OCH3 is 3. The Labute approximate surface area is 154 Å². The molecule has 2 rings (SSSR count). The molecule has 1 aliphatic heterocycles. The lowest BCUT2D eigenvalue weighted by Gasteiger charge is -2.15. The van der Waals surface area contributed by atoms with Crippen LogP contribution in [0.5, 0.6) is 17.2 Å². The van der Waals surface area contributed by atoms with E-state index in [4.69, 9.17) is 14.2 Å². The van der Waals surface area contributed by atoms with Gasteiger partial charge in [0, 0.05) is 18.3 Å². The van der Waals surface area contributed by atoms with Crippen molar-refractivity contribution < 1.29 is 14.2 Å². The molecule has 0 aromatic heterocycles. The van der Waals surface area contributed by atoms with E-state index in [0.717, 1.165) is 24.6 Å². The Kier molecular flexibility index (Phi) is 8.04. The molecule has 140 valence electrons. The highest BCUT2D eigenvalue weighted by Crippen LogP contribution is 2.38. The fourth-order valence-electron chi connectivity index (χ4n) is 2.75. The summed E-state index contributed by atoms with van der Waals surface area (Å²) in [5, 5.41) is 7.43. The quantitative estimate of drug-likeness (QED) is 0.544. The van der Waals surface area contributed by atoms with Crippen molar-refractivity contribution in [2.45, 2.75) is 31.6 Å². The number of hydrogen-bond acceptors (Lipinski definition) is 5. The van der Waals surface area contributed by atoms with Crippen molar-refractivity contribution in [2.24, 2.45) is 4.99 Å². The zero-order chi connectivity index (χ0) is 18.1. The summed E-state index contributed by atoms with van der Waals surface area (Å²) in [6.07, 6.45) is 2.60. The molecule has 1 aliphatic rings. The summed E-state index contributed by atoms with van der Waals surface area (Å²) in [7, 11) is 4.84. The number of nitrogens with one attached hydrogen (secondary N) is 2. The van der Waals surface area contributed by atoms with Gasteiger partial charge >= 0.3 is 0 Å². The van der Waals surface area contributed by atoms with Crippen molar-refractivity contribution in [1.82, 2.24) is 10.6 Å². The molecule has 0 aliphatic carbocycles. The zero-order valence-corrected chi connectivity index (χ0v) is 16.4. The van der Waals surface area contributed by atoms with Gasteiger partial charge in [0.15, 0.2) is 17.5 Å². The van der Waals surface area contributed by atoms with Crippen LogP contribution in [0.15, 0.2) is 17.1 Å². The van der Waals surface area contributed by atoms with Gasteiger partial charge in [0.05, 0.1) is 27.9 Å². The highest BCUT2D eigenvalue weighted by molar-refractivity contribution is 8.00. The standard InChI is InChI=1S/C18H29N3O3S/c1-5-19-18(21-12-14-7-6-8-25-14)20-11-13-9-15(22-2)17(24-4)16(10-13)23-3/h9-10,14H,5-8,11-12H2,1-4H3,(H2,19,20,21). The first kappa shape index (κ1) is 19.6. The first-order chi connectivity index (χ1) is 12.2. The topological polar surface area (TPSA) is 64.1 Å². The van der Waals surface area contributed by atoms with Crippen LogP contribution < -0.4 is 24.8 Å². The van der Waals surface area contributed by atoms with Gasteiger partial charge in [-0.2, -0.15) is 11.8 Å². The van der Waals surface area contributed by atoms with Crippen LogP contribution in [0.4, 0.5) is 0 Å². The Morgan fingerprint density at radius 3 is 2.40 bits per heavy atom. The Morgan fingerprint density at radius 2 is 1.88 bits per heavy atom. The number of hydrogen-bond donors (Lipinski definition) is 2. The van der Waals surface area contributed by atoms with Gasteiger partial charge in [0.2, 0.25) is 5.75 Å². The third-order valence-electron chi connectivity index (χ3n) is 4.01. The number of nitrogens with zero attached hydrogens (tertiary/aromatic N) is 1. The molecule has 0 saturated carbocycles. The molecular formula is C18H29N3O3S. The van der Waals surface area contributed by atoms with Crippen LogP contribution in [-0.4, -0.2) is 51.4 Å². The van der Waals surface area contributed by atoms with Crippen molar-refractivity contribution in [3.05, 3.63) is 17.7 Å². The van der Waals surface area contributed by atoms with Crippen LogP contribution in [0.1, 0.15) is 25.3 Å². The van der Waals surface area contributed by atoms with Gasteiger partial charge in [-0.3, -0.25) is 0 Å². The average Bonchev–Trinajstić information content (AvgIpc) is 3.16. The number of thioether (sulfide) groups is 1. The maximum absolute atomic E-state index is 5.40. The van der Waals surface area contributed by atoms with Crippen molar-refractivity contribution in [3.8, 4) is 17.2 Å². The summed E-state index contributed by atoms with van der Waals surface area (Å²) in [5.74, 6) is 4.00. The van der Waals surface area contributed by atoms with Crippen molar-refractivity contribution in [3.63, 3.8) is 0 Å². The molecule has 1 heterocycles. The SMILES string of the molecule is CCNC(=NCc1cc(OC)c(OC)c(OC)c1)NCC1CCCS1. The molecule has 2 N–H and O–H groups in total. The molecule has 1 fully saturated rings. The summed E-state index contributed by atoms with van der Waals surface area (Å²) in [6, 6.07) is 3.86. The monoisotopic (exact) mass is 367 g/mol. The van der Waals surface area contributed by atoms with E-state index in [0.29, 0.717) is 29.0 Å². The first-order valence-electron chi connectivity index (χ1n) is 8.64. The van der Waals surface area contributed by atoms with Crippen LogP contribution in [0, 0.1) is 0 Å². The predicted octanol–water partition coefficient (Wildman–Crippen LogP) is 2.66. The van der Waals surface area contributed by atoms with E-state index in [1.807, 2.05) is 23.9 Å². The van der Waals surface area contributed by atoms with Crippen molar-refractivity contribution in [2.75, 3.05) is 40.2 Å². The van der Waals surface area contributed by atoms with E-state index in [2.05, 4.69) is 22.5 Å². The van der Waals surface area contributed by atoms with Crippen LogP contribution in [-0.2, 0) is 6.54 Å². The molecular weight excluding hydrogens is 338 g/mol. The average molecular weight is 368 g/mol. The molecule has 25 heavy (non-hydrogen) atoms. The van der Waals surface area contributed by atoms with E-state index in [1.165, 1.54) is 18.6 Å². The van der Waals surface area contributed by atoms with Crippen LogP contribution in [0.25, 0.3) is 0 Å². The molecule has 1 saturated heterocycles. The lowest BCUT2D eigenvalue weighted by molar-refractivity contribution is 0.324. The number of rotatable bonds is 8.